The summed E-state index contributed by atoms with van der Waals surface area (Å²) in [5, 5.41) is 2.89. The fourth-order valence-corrected chi connectivity index (χ4v) is 3.79. The van der Waals surface area contributed by atoms with E-state index in [0.29, 0.717) is 13.2 Å². The Bertz CT molecular complexity index is 585. The van der Waals surface area contributed by atoms with Gasteiger partial charge in [0, 0.05) is 39.0 Å². The van der Waals surface area contributed by atoms with Gasteiger partial charge in [0.2, 0.25) is 5.91 Å². The number of piperidine rings is 1. The molecule has 1 N–H and O–H groups in total. The molecule has 2 saturated heterocycles. The van der Waals surface area contributed by atoms with Crippen molar-refractivity contribution >= 4 is 5.91 Å². The number of hydrogen-bond acceptors (Lipinski definition) is 5. The van der Waals surface area contributed by atoms with E-state index in [1.807, 2.05) is 13.0 Å². The molecule has 1 aromatic heterocycles. The Morgan fingerprint density at radius 2 is 2.20 bits per heavy atom. The van der Waals surface area contributed by atoms with Crippen LogP contribution >= 0.6 is 0 Å². The Balaban J connectivity index is 1.46. The molecule has 0 aliphatic carbocycles. The monoisotopic (exact) mass is 347 g/mol. The molecule has 0 saturated carbocycles. The number of ether oxygens (including phenoxy) is 2. The molecular formula is C19H29N3O3. The van der Waals surface area contributed by atoms with Crippen LogP contribution in [0.2, 0.25) is 0 Å². The fourth-order valence-electron chi connectivity index (χ4n) is 3.79. The summed E-state index contributed by atoms with van der Waals surface area (Å²) in [7, 11) is 1.63. The predicted octanol–water partition coefficient (Wildman–Crippen LogP) is 1.67. The highest BCUT2D eigenvalue weighted by atomic mass is 16.5. The average Bonchev–Trinajstić information content (AvgIpc) is 3.01. The molecule has 3 rings (SSSR count). The van der Waals surface area contributed by atoms with E-state index in [2.05, 4.69) is 27.3 Å². The van der Waals surface area contributed by atoms with E-state index in [-0.39, 0.29) is 17.6 Å². The van der Waals surface area contributed by atoms with Gasteiger partial charge in [-0.25, -0.2) is 0 Å². The van der Waals surface area contributed by atoms with Crippen LogP contribution in [0.1, 0.15) is 37.1 Å². The van der Waals surface area contributed by atoms with Crippen LogP contribution in [0.5, 0.6) is 0 Å². The number of carbonyl (C=O) groups excluding carboxylic acids is 1. The zero-order valence-corrected chi connectivity index (χ0v) is 15.3. The first-order chi connectivity index (χ1) is 12.1. The van der Waals surface area contributed by atoms with E-state index in [1.165, 1.54) is 0 Å². The number of nitrogens with one attached hydrogen (secondary N) is 1. The molecule has 0 radical (unpaired) electrons. The molecule has 0 bridgehead atoms. The number of aromatic nitrogens is 1. The zero-order valence-electron chi connectivity index (χ0n) is 15.3. The third kappa shape index (κ3) is 4.77. The molecule has 0 unspecified atom stereocenters. The SMILES string of the molecule is COCCNC(=O)[C@@H]1CCC2(CCN(Cc3cccc(C)n3)CC2)O1. The summed E-state index contributed by atoms with van der Waals surface area (Å²) in [6, 6.07) is 6.18. The number of methoxy groups -OCH3 is 1. The van der Waals surface area contributed by atoms with Gasteiger partial charge in [-0.1, -0.05) is 6.07 Å². The van der Waals surface area contributed by atoms with Crippen molar-refractivity contribution in [3.05, 3.63) is 29.6 Å². The first-order valence-electron chi connectivity index (χ1n) is 9.20. The molecule has 1 amide bonds. The quantitative estimate of drug-likeness (QED) is 0.793. The zero-order chi connectivity index (χ0) is 17.7. The van der Waals surface area contributed by atoms with Crippen molar-refractivity contribution in [2.45, 2.75) is 50.9 Å². The number of aryl methyl sites for hydroxylation is 1. The second-order valence-corrected chi connectivity index (χ2v) is 7.16. The van der Waals surface area contributed by atoms with Gasteiger partial charge < -0.3 is 14.8 Å². The van der Waals surface area contributed by atoms with Gasteiger partial charge in [-0.2, -0.15) is 0 Å². The molecule has 1 aromatic rings. The largest absolute Gasteiger partial charge is 0.383 e. The van der Waals surface area contributed by atoms with E-state index in [4.69, 9.17) is 9.47 Å². The van der Waals surface area contributed by atoms with Crippen LogP contribution in [-0.4, -0.2) is 60.8 Å². The Kier molecular flexibility index (Phi) is 6.04. The Hall–Kier alpha value is -1.50. The molecule has 2 fully saturated rings. The van der Waals surface area contributed by atoms with Crippen molar-refractivity contribution in [2.75, 3.05) is 33.4 Å². The van der Waals surface area contributed by atoms with Crippen molar-refractivity contribution < 1.29 is 14.3 Å². The minimum absolute atomic E-state index is 0.000292. The summed E-state index contributed by atoms with van der Waals surface area (Å²) in [4.78, 5) is 19.2. The van der Waals surface area contributed by atoms with Gasteiger partial charge in [-0.05, 0) is 44.7 Å². The normalized spacial score (nSPS) is 23.0. The van der Waals surface area contributed by atoms with Crippen molar-refractivity contribution in [1.82, 2.24) is 15.2 Å². The lowest BCUT2D eigenvalue weighted by Gasteiger charge is -2.39. The summed E-state index contributed by atoms with van der Waals surface area (Å²) in [5.41, 5.74) is 2.07. The van der Waals surface area contributed by atoms with Gasteiger partial charge in [0.1, 0.15) is 6.10 Å². The van der Waals surface area contributed by atoms with Crippen LogP contribution in [-0.2, 0) is 20.8 Å². The smallest absolute Gasteiger partial charge is 0.249 e. The molecule has 2 aliphatic heterocycles. The fraction of sp³-hybridized carbons (Fsp3) is 0.684. The lowest BCUT2D eigenvalue weighted by atomic mass is 9.88. The van der Waals surface area contributed by atoms with Crippen molar-refractivity contribution in [3.8, 4) is 0 Å². The number of amides is 1. The molecule has 25 heavy (non-hydrogen) atoms. The number of rotatable bonds is 6. The number of carbonyl (C=O) groups is 1. The molecular weight excluding hydrogens is 318 g/mol. The van der Waals surface area contributed by atoms with E-state index in [1.54, 1.807) is 7.11 Å². The predicted molar refractivity (Wildman–Crippen MR) is 95.2 cm³/mol. The van der Waals surface area contributed by atoms with Gasteiger partial charge >= 0.3 is 0 Å². The maximum atomic E-state index is 12.2. The Labute approximate surface area is 149 Å². The summed E-state index contributed by atoms with van der Waals surface area (Å²) in [6.45, 7) is 5.98. The second-order valence-electron chi connectivity index (χ2n) is 7.16. The number of hydrogen-bond donors (Lipinski definition) is 1. The van der Waals surface area contributed by atoms with Gasteiger partial charge in [0.05, 0.1) is 17.9 Å². The summed E-state index contributed by atoms with van der Waals surface area (Å²) in [5.74, 6) is 0.000292. The standard InChI is InChI=1S/C19H29N3O3/c1-15-4-3-5-16(21-15)14-22-11-8-19(9-12-22)7-6-17(25-19)18(23)20-10-13-24-2/h3-5,17H,6-14H2,1-2H3,(H,20,23)/t17-/m0/s1. The molecule has 1 atom stereocenters. The minimum atomic E-state index is -0.304. The minimum Gasteiger partial charge on any atom is -0.383 e. The molecule has 138 valence electrons. The first kappa shape index (κ1) is 18.3. The van der Waals surface area contributed by atoms with E-state index in [9.17, 15) is 4.79 Å². The molecule has 0 aromatic carbocycles. The third-order valence-electron chi connectivity index (χ3n) is 5.25. The van der Waals surface area contributed by atoms with Crippen molar-refractivity contribution in [2.24, 2.45) is 0 Å². The van der Waals surface area contributed by atoms with E-state index >= 15 is 0 Å². The average molecular weight is 347 g/mol. The highest BCUT2D eigenvalue weighted by molar-refractivity contribution is 5.81. The molecule has 1 spiro atoms. The molecule has 2 aliphatic rings. The number of pyridine rings is 1. The van der Waals surface area contributed by atoms with Gasteiger partial charge in [-0.15, -0.1) is 0 Å². The lowest BCUT2D eigenvalue weighted by molar-refractivity contribution is -0.141. The van der Waals surface area contributed by atoms with Crippen LogP contribution in [0.3, 0.4) is 0 Å². The van der Waals surface area contributed by atoms with Gasteiger partial charge in [0.15, 0.2) is 0 Å². The van der Waals surface area contributed by atoms with E-state index in [0.717, 1.165) is 56.7 Å². The first-order valence-corrected chi connectivity index (χ1v) is 9.20. The highest BCUT2D eigenvalue weighted by Crippen LogP contribution is 2.39. The van der Waals surface area contributed by atoms with Crippen LogP contribution in [0.4, 0.5) is 0 Å². The topological polar surface area (TPSA) is 63.7 Å². The second kappa shape index (κ2) is 8.25. The van der Waals surface area contributed by atoms with Crippen molar-refractivity contribution in [3.63, 3.8) is 0 Å². The van der Waals surface area contributed by atoms with Gasteiger partial charge in [0.25, 0.3) is 0 Å². The highest BCUT2D eigenvalue weighted by Gasteiger charge is 2.44. The van der Waals surface area contributed by atoms with Crippen LogP contribution in [0, 0.1) is 6.92 Å². The summed E-state index contributed by atoms with van der Waals surface area (Å²) < 4.78 is 11.2. The summed E-state index contributed by atoms with van der Waals surface area (Å²) in [6.07, 6.45) is 3.47. The maximum Gasteiger partial charge on any atom is 0.249 e. The molecule has 3 heterocycles. The third-order valence-corrected chi connectivity index (χ3v) is 5.25. The number of nitrogens with zero attached hydrogens (tertiary/aromatic N) is 2. The molecule has 6 heteroatoms. The van der Waals surface area contributed by atoms with Crippen LogP contribution in [0.25, 0.3) is 0 Å². The molecule has 6 nitrogen and oxygen atoms in total. The Morgan fingerprint density at radius 1 is 1.40 bits per heavy atom. The van der Waals surface area contributed by atoms with E-state index < -0.39 is 0 Å². The number of likely N-dealkylation sites (tertiary alicyclic amines) is 1. The maximum absolute atomic E-state index is 12.2. The van der Waals surface area contributed by atoms with Gasteiger partial charge in [-0.3, -0.25) is 14.7 Å². The summed E-state index contributed by atoms with van der Waals surface area (Å²) >= 11 is 0. The van der Waals surface area contributed by atoms with Crippen molar-refractivity contribution in [1.29, 1.82) is 0 Å². The Morgan fingerprint density at radius 3 is 2.92 bits per heavy atom. The van der Waals surface area contributed by atoms with Crippen LogP contribution in [0.15, 0.2) is 18.2 Å². The lowest BCUT2D eigenvalue weighted by Crippen LogP contribution is -2.45. The van der Waals surface area contributed by atoms with Crippen LogP contribution < -0.4 is 5.32 Å².